The van der Waals surface area contributed by atoms with Crippen LogP contribution in [0.5, 0.6) is 0 Å². The van der Waals surface area contributed by atoms with Gasteiger partial charge in [0.2, 0.25) is 11.5 Å². The highest BCUT2D eigenvalue weighted by Gasteiger charge is 2.17. The predicted molar refractivity (Wildman–Crippen MR) is 84.2 cm³/mol. The summed E-state index contributed by atoms with van der Waals surface area (Å²) in [5.41, 5.74) is 1.72. The van der Waals surface area contributed by atoms with E-state index in [1.54, 1.807) is 12.2 Å². The number of hydrogen-bond donors (Lipinski definition) is 1. The minimum Gasteiger partial charge on any atom is -0.502 e. The number of carbonyl (C=O) groups excluding carboxylic acids is 1. The first-order valence-electron chi connectivity index (χ1n) is 6.78. The lowest BCUT2D eigenvalue weighted by Gasteiger charge is -2.15. The van der Waals surface area contributed by atoms with Crippen LogP contribution < -0.4 is 4.90 Å². The third-order valence-corrected chi connectivity index (χ3v) is 3.14. The zero-order valence-corrected chi connectivity index (χ0v) is 12.2. The second kappa shape index (κ2) is 6.79. The summed E-state index contributed by atoms with van der Waals surface area (Å²) in [6, 6.07) is 7.50. The molecule has 0 saturated heterocycles. The van der Waals surface area contributed by atoms with Gasteiger partial charge in [0.15, 0.2) is 5.76 Å². The summed E-state index contributed by atoms with van der Waals surface area (Å²) in [7, 11) is 3.90. The molecule has 21 heavy (non-hydrogen) atoms. The van der Waals surface area contributed by atoms with Gasteiger partial charge in [-0.3, -0.25) is 4.79 Å². The van der Waals surface area contributed by atoms with Crippen LogP contribution in [0.15, 0.2) is 54.3 Å². The Hall–Kier alpha value is -2.49. The summed E-state index contributed by atoms with van der Waals surface area (Å²) in [5, 5.41) is 10.1. The van der Waals surface area contributed by atoms with Crippen molar-refractivity contribution in [1.29, 1.82) is 0 Å². The molecule has 1 N–H and O–H groups in total. The number of aliphatic hydroxyl groups is 1. The smallest absolute Gasteiger partial charge is 0.204 e. The Bertz CT molecular complexity index is 595. The van der Waals surface area contributed by atoms with E-state index in [-0.39, 0.29) is 23.7 Å². The highest BCUT2D eigenvalue weighted by molar-refractivity contribution is 6.00. The number of Topliss-reactive ketones (excluding diaryl/α,β-unsaturated/α-hetero) is 1. The van der Waals surface area contributed by atoms with E-state index >= 15 is 0 Å². The molecule has 0 bridgehead atoms. The van der Waals surface area contributed by atoms with E-state index in [0.29, 0.717) is 12.2 Å². The topological polar surface area (TPSA) is 49.8 Å². The van der Waals surface area contributed by atoms with Gasteiger partial charge in [0.25, 0.3) is 0 Å². The van der Waals surface area contributed by atoms with Gasteiger partial charge in [0.05, 0.1) is 0 Å². The summed E-state index contributed by atoms with van der Waals surface area (Å²) >= 11 is 0. The van der Waals surface area contributed by atoms with Crippen LogP contribution >= 0.6 is 0 Å². The van der Waals surface area contributed by atoms with Crippen LogP contribution in [0.4, 0.5) is 5.69 Å². The average molecular weight is 285 g/mol. The van der Waals surface area contributed by atoms with Crippen molar-refractivity contribution in [2.45, 2.75) is 6.42 Å². The number of allylic oxidation sites excluding steroid dienone is 4. The van der Waals surface area contributed by atoms with Crippen LogP contribution in [-0.4, -0.2) is 31.6 Å². The number of ketones is 1. The van der Waals surface area contributed by atoms with Crippen molar-refractivity contribution in [3.63, 3.8) is 0 Å². The van der Waals surface area contributed by atoms with Crippen molar-refractivity contribution in [3.05, 3.63) is 59.9 Å². The first kappa shape index (κ1) is 14.9. The number of nitrogens with zero attached hydrogens (tertiary/aromatic N) is 1. The molecule has 110 valence electrons. The Balaban J connectivity index is 2.36. The number of carbonyl (C=O) groups is 1. The summed E-state index contributed by atoms with van der Waals surface area (Å²) < 4.78 is 5.56. The molecule has 0 aromatic heterocycles. The lowest BCUT2D eigenvalue weighted by Crippen LogP contribution is -2.09. The average Bonchev–Trinajstić information content (AvgIpc) is 2.49. The summed E-state index contributed by atoms with van der Waals surface area (Å²) in [5.74, 6) is -0.453. The van der Waals surface area contributed by atoms with Crippen LogP contribution in [0.3, 0.4) is 0 Å². The van der Waals surface area contributed by atoms with Gasteiger partial charge in [0.1, 0.15) is 6.61 Å². The van der Waals surface area contributed by atoms with Crippen LogP contribution in [0.25, 0.3) is 5.76 Å². The largest absolute Gasteiger partial charge is 0.502 e. The molecule has 0 aliphatic carbocycles. The number of hydrogen-bond acceptors (Lipinski definition) is 4. The van der Waals surface area contributed by atoms with Crippen LogP contribution in [0.1, 0.15) is 12.0 Å². The molecule has 1 aliphatic rings. The zero-order valence-electron chi connectivity index (χ0n) is 12.2. The first-order valence-corrected chi connectivity index (χ1v) is 6.78. The molecule has 0 amide bonds. The van der Waals surface area contributed by atoms with Crippen molar-refractivity contribution in [2.75, 3.05) is 25.6 Å². The highest BCUT2D eigenvalue weighted by atomic mass is 16.5. The first-order chi connectivity index (χ1) is 10.1. The molecule has 0 atom stereocenters. The summed E-state index contributed by atoms with van der Waals surface area (Å²) in [4.78, 5) is 13.9. The molecule has 0 unspecified atom stereocenters. The highest BCUT2D eigenvalue weighted by Crippen LogP contribution is 2.23. The molecular weight excluding hydrogens is 266 g/mol. The molecule has 1 aromatic carbocycles. The Kier molecular flexibility index (Phi) is 4.82. The van der Waals surface area contributed by atoms with E-state index in [4.69, 9.17) is 4.74 Å². The minimum atomic E-state index is -0.353. The molecule has 0 radical (unpaired) electrons. The Morgan fingerprint density at radius 3 is 2.43 bits per heavy atom. The van der Waals surface area contributed by atoms with E-state index in [0.717, 1.165) is 5.69 Å². The van der Waals surface area contributed by atoms with E-state index < -0.39 is 0 Å². The van der Waals surface area contributed by atoms with Crippen LogP contribution in [0, 0.1) is 0 Å². The molecule has 4 heteroatoms. The Labute approximate surface area is 124 Å². The Morgan fingerprint density at radius 2 is 1.76 bits per heavy atom. The van der Waals surface area contributed by atoms with Crippen molar-refractivity contribution in [3.8, 4) is 0 Å². The predicted octanol–water partition coefficient (Wildman–Crippen LogP) is 3.08. The van der Waals surface area contributed by atoms with Gasteiger partial charge in [-0.25, -0.2) is 0 Å². The van der Waals surface area contributed by atoms with Crippen molar-refractivity contribution < 1.29 is 14.6 Å². The fourth-order valence-electron chi connectivity index (χ4n) is 1.94. The summed E-state index contributed by atoms with van der Waals surface area (Å²) in [6.07, 6.45) is 7.29. The van der Waals surface area contributed by atoms with E-state index in [1.165, 1.54) is 0 Å². The minimum absolute atomic E-state index is 0.152. The zero-order chi connectivity index (χ0) is 15.2. The molecule has 0 spiro atoms. The van der Waals surface area contributed by atoms with E-state index in [9.17, 15) is 9.90 Å². The number of benzene rings is 1. The molecule has 1 aliphatic heterocycles. The van der Waals surface area contributed by atoms with Crippen molar-refractivity contribution >= 4 is 17.2 Å². The van der Waals surface area contributed by atoms with Gasteiger partial charge in [0, 0.05) is 31.8 Å². The third kappa shape index (κ3) is 3.75. The lowest BCUT2D eigenvalue weighted by atomic mass is 10.1. The Morgan fingerprint density at radius 1 is 1.10 bits per heavy atom. The van der Waals surface area contributed by atoms with Crippen LogP contribution in [0.2, 0.25) is 0 Å². The number of anilines is 1. The quantitative estimate of drug-likeness (QED) is 0.907. The summed E-state index contributed by atoms with van der Waals surface area (Å²) in [6.45, 7) is 0.298. The van der Waals surface area contributed by atoms with Crippen molar-refractivity contribution in [1.82, 2.24) is 0 Å². The second-order valence-corrected chi connectivity index (χ2v) is 4.91. The van der Waals surface area contributed by atoms with Gasteiger partial charge in [-0.05, 0) is 30.3 Å². The van der Waals surface area contributed by atoms with Gasteiger partial charge >= 0.3 is 0 Å². The monoisotopic (exact) mass is 285 g/mol. The second-order valence-electron chi connectivity index (χ2n) is 4.91. The number of rotatable bonds is 2. The van der Waals surface area contributed by atoms with E-state index in [2.05, 4.69) is 0 Å². The fraction of sp³-hybridized carbons (Fsp3) is 0.235. The maximum atomic E-state index is 11.9. The maximum Gasteiger partial charge on any atom is 0.204 e. The SMILES string of the molecule is CN(C)c1ccc(/C2=C(\O)C(=O)C/C=C\C=C/CO2)cc1. The van der Waals surface area contributed by atoms with Gasteiger partial charge in [-0.2, -0.15) is 0 Å². The van der Waals surface area contributed by atoms with Gasteiger partial charge in [-0.1, -0.05) is 18.2 Å². The van der Waals surface area contributed by atoms with Gasteiger partial charge < -0.3 is 14.7 Å². The molecule has 0 fully saturated rings. The fourth-order valence-corrected chi connectivity index (χ4v) is 1.94. The van der Waals surface area contributed by atoms with Crippen molar-refractivity contribution in [2.24, 2.45) is 0 Å². The van der Waals surface area contributed by atoms with Crippen LogP contribution in [-0.2, 0) is 9.53 Å². The lowest BCUT2D eigenvalue weighted by molar-refractivity contribution is -0.117. The van der Waals surface area contributed by atoms with E-state index in [1.807, 2.05) is 55.4 Å². The van der Waals surface area contributed by atoms with Gasteiger partial charge in [-0.15, -0.1) is 0 Å². The maximum absolute atomic E-state index is 11.9. The molecule has 4 nitrogen and oxygen atoms in total. The molecule has 2 rings (SSSR count). The molecular formula is C17H19NO3. The molecule has 1 aromatic rings. The standard InChI is InChI=1S/C17H19NO3/c1-18(2)14-10-8-13(9-11-14)17-16(20)15(19)7-5-3-4-6-12-21-17/h3-6,8-11,20H,7,12H2,1-2H3/b5-3-,6-4-,17-16+. The third-order valence-electron chi connectivity index (χ3n) is 3.14. The number of ether oxygens (including phenoxy) is 1. The number of aliphatic hydroxyl groups excluding tert-OH is 1. The normalized spacial score (nSPS) is 22.3. The molecule has 1 heterocycles. The molecule has 0 saturated carbocycles.